The number of aromatic nitrogens is 2. The van der Waals surface area contributed by atoms with Crippen LogP contribution in [0.25, 0.3) is 11.0 Å². The van der Waals surface area contributed by atoms with Crippen LogP contribution >= 0.6 is 0 Å². The molecule has 1 amide bonds. The number of amides is 1. The third kappa shape index (κ3) is 3.90. The van der Waals surface area contributed by atoms with Crippen LogP contribution in [0, 0.1) is 6.92 Å². The number of rotatable bonds is 5. The number of fused-ring (bicyclic) bond motifs is 1. The molecule has 1 heterocycles. The van der Waals surface area contributed by atoms with Crippen molar-refractivity contribution in [2.24, 2.45) is 0 Å². The maximum Gasteiger partial charge on any atom is 0.251 e. The van der Waals surface area contributed by atoms with Gasteiger partial charge in [-0.05, 0) is 43.2 Å². The van der Waals surface area contributed by atoms with Crippen molar-refractivity contribution in [3.8, 4) is 0 Å². The lowest BCUT2D eigenvalue weighted by Gasteiger charge is -2.17. The topological polar surface area (TPSA) is 57.8 Å². The van der Waals surface area contributed by atoms with Gasteiger partial charge in [0.25, 0.3) is 5.91 Å². The van der Waals surface area contributed by atoms with Gasteiger partial charge in [-0.25, -0.2) is 4.98 Å². The Kier molecular flexibility index (Phi) is 4.71. The van der Waals surface area contributed by atoms with E-state index in [1.165, 1.54) is 0 Å². The van der Waals surface area contributed by atoms with Crippen molar-refractivity contribution in [2.75, 3.05) is 0 Å². The van der Waals surface area contributed by atoms with Crippen LogP contribution < -0.4 is 5.32 Å². The average Bonchev–Trinajstić information content (AvgIpc) is 3.12. The van der Waals surface area contributed by atoms with Crippen molar-refractivity contribution in [3.63, 3.8) is 0 Å². The lowest BCUT2D eigenvalue weighted by molar-refractivity contribution is 0.0935. The smallest absolute Gasteiger partial charge is 0.251 e. The summed E-state index contributed by atoms with van der Waals surface area (Å²) in [6.07, 6.45) is 0.665. The van der Waals surface area contributed by atoms with E-state index >= 15 is 0 Å². The van der Waals surface area contributed by atoms with Crippen molar-refractivity contribution >= 4 is 16.9 Å². The Hall–Kier alpha value is -3.40. The maximum atomic E-state index is 12.8. The number of benzene rings is 3. The van der Waals surface area contributed by atoms with E-state index in [4.69, 9.17) is 4.98 Å². The Morgan fingerprint density at radius 1 is 1.00 bits per heavy atom. The van der Waals surface area contributed by atoms with Gasteiger partial charge >= 0.3 is 0 Å². The summed E-state index contributed by atoms with van der Waals surface area (Å²) in [6.45, 7) is 1.98. The Bertz CT molecular complexity index is 1040. The summed E-state index contributed by atoms with van der Waals surface area (Å²) in [6, 6.07) is 25.4. The lowest BCUT2D eigenvalue weighted by Crippen LogP contribution is -2.30. The molecular weight excluding hydrogens is 334 g/mol. The van der Waals surface area contributed by atoms with Crippen LogP contribution in [0.1, 0.15) is 33.4 Å². The summed E-state index contributed by atoms with van der Waals surface area (Å²) in [5.41, 5.74) is 4.73. The Labute approximate surface area is 158 Å². The molecule has 2 N–H and O–H groups in total. The molecule has 0 aliphatic carbocycles. The number of imidazole rings is 1. The second-order valence-electron chi connectivity index (χ2n) is 6.72. The fourth-order valence-electron chi connectivity index (χ4n) is 3.23. The van der Waals surface area contributed by atoms with Crippen LogP contribution in [0.2, 0.25) is 0 Å². The van der Waals surface area contributed by atoms with Crippen LogP contribution in [0.4, 0.5) is 0 Å². The van der Waals surface area contributed by atoms with Crippen LogP contribution in [0.5, 0.6) is 0 Å². The number of H-pyrrole nitrogens is 1. The Balaban J connectivity index is 1.66. The first-order valence-electron chi connectivity index (χ1n) is 9.05. The molecule has 0 bridgehead atoms. The molecule has 4 nitrogen and oxygen atoms in total. The monoisotopic (exact) mass is 355 g/mol. The number of nitrogens with zero attached hydrogens (tertiary/aromatic N) is 1. The highest BCUT2D eigenvalue weighted by Gasteiger charge is 2.20. The molecule has 0 radical (unpaired) electrons. The zero-order chi connectivity index (χ0) is 18.6. The first-order chi connectivity index (χ1) is 13.2. The molecule has 27 heavy (non-hydrogen) atoms. The molecule has 1 aromatic heterocycles. The van der Waals surface area contributed by atoms with Crippen LogP contribution in [-0.4, -0.2) is 15.9 Å². The molecule has 0 fully saturated rings. The SMILES string of the molecule is Cc1cccc(C(=O)N[C@@H](Cc2ccccc2)c2nc3ccccc3[nH]2)c1. The summed E-state index contributed by atoms with van der Waals surface area (Å²) in [5, 5.41) is 3.15. The normalized spacial score (nSPS) is 12.0. The van der Waals surface area contributed by atoms with Gasteiger partial charge in [-0.1, -0.05) is 60.2 Å². The molecule has 1 atom stereocenters. The molecule has 0 saturated carbocycles. The van der Waals surface area contributed by atoms with Gasteiger partial charge in [-0.15, -0.1) is 0 Å². The number of aromatic amines is 1. The Morgan fingerprint density at radius 3 is 2.56 bits per heavy atom. The van der Waals surface area contributed by atoms with Gasteiger partial charge in [0.05, 0.1) is 17.1 Å². The largest absolute Gasteiger partial charge is 0.342 e. The number of nitrogens with one attached hydrogen (secondary N) is 2. The predicted molar refractivity (Wildman–Crippen MR) is 108 cm³/mol. The van der Waals surface area contributed by atoms with Gasteiger partial charge in [0.15, 0.2) is 0 Å². The molecule has 0 saturated heterocycles. The van der Waals surface area contributed by atoms with Crippen molar-refractivity contribution < 1.29 is 4.79 Å². The molecule has 0 aliphatic rings. The molecule has 4 rings (SSSR count). The van der Waals surface area contributed by atoms with E-state index in [1.807, 2.05) is 73.7 Å². The molecular formula is C23H21N3O. The summed E-state index contributed by atoms with van der Waals surface area (Å²) in [5.74, 6) is 0.668. The third-order valence-electron chi connectivity index (χ3n) is 4.61. The van der Waals surface area contributed by atoms with Gasteiger partial charge in [0.2, 0.25) is 0 Å². The summed E-state index contributed by atoms with van der Waals surface area (Å²) in [7, 11) is 0. The lowest BCUT2D eigenvalue weighted by atomic mass is 10.0. The minimum atomic E-state index is -0.243. The highest BCUT2D eigenvalue weighted by atomic mass is 16.1. The van der Waals surface area contributed by atoms with E-state index < -0.39 is 0 Å². The average molecular weight is 355 g/mol. The van der Waals surface area contributed by atoms with Crippen LogP contribution in [0.3, 0.4) is 0 Å². The molecule has 0 unspecified atom stereocenters. The molecule has 0 spiro atoms. The van der Waals surface area contributed by atoms with E-state index in [2.05, 4.69) is 22.4 Å². The van der Waals surface area contributed by atoms with E-state index in [0.29, 0.717) is 12.0 Å². The van der Waals surface area contributed by atoms with Gasteiger partial charge < -0.3 is 10.3 Å². The molecule has 4 heteroatoms. The minimum absolute atomic E-state index is 0.0971. The second kappa shape index (κ2) is 7.46. The minimum Gasteiger partial charge on any atom is -0.342 e. The first-order valence-corrected chi connectivity index (χ1v) is 9.05. The van der Waals surface area contributed by atoms with E-state index in [1.54, 1.807) is 0 Å². The number of carbonyl (C=O) groups is 1. The van der Waals surface area contributed by atoms with Crippen molar-refractivity contribution in [3.05, 3.63) is 101 Å². The maximum absolute atomic E-state index is 12.8. The number of carbonyl (C=O) groups excluding carboxylic acids is 1. The van der Waals surface area contributed by atoms with Gasteiger partial charge in [-0.3, -0.25) is 4.79 Å². The van der Waals surface area contributed by atoms with Crippen molar-refractivity contribution in [1.29, 1.82) is 0 Å². The zero-order valence-corrected chi connectivity index (χ0v) is 15.1. The first kappa shape index (κ1) is 17.0. The van der Waals surface area contributed by atoms with Crippen molar-refractivity contribution in [1.82, 2.24) is 15.3 Å². The van der Waals surface area contributed by atoms with Crippen LogP contribution in [0.15, 0.2) is 78.9 Å². The van der Waals surface area contributed by atoms with E-state index in [0.717, 1.165) is 28.0 Å². The summed E-state index contributed by atoms with van der Waals surface area (Å²) < 4.78 is 0. The fraction of sp³-hybridized carbons (Fsp3) is 0.130. The number of hydrogen-bond acceptors (Lipinski definition) is 2. The van der Waals surface area contributed by atoms with Crippen molar-refractivity contribution in [2.45, 2.75) is 19.4 Å². The number of para-hydroxylation sites is 2. The highest BCUT2D eigenvalue weighted by molar-refractivity contribution is 5.94. The zero-order valence-electron chi connectivity index (χ0n) is 15.1. The van der Waals surface area contributed by atoms with Crippen LogP contribution in [-0.2, 0) is 6.42 Å². The predicted octanol–water partition coefficient (Wildman–Crippen LogP) is 4.59. The molecule has 134 valence electrons. The second-order valence-corrected chi connectivity index (χ2v) is 6.72. The highest BCUT2D eigenvalue weighted by Crippen LogP contribution is 2.20. The summed E-state index contributed by atoms with van der Waals surface area (Å²) >= 11 is 0. The standard InChI is InChI=1S/C23H21N3O/c1-16-8-7-11-18(14-16)23(27)26-21(15-17-9-3-2-4-10-17)22-24-19-12-5-6-13-20(19)25-22/h2-14,21H,15H2,1H3,(H,24,25)(H,26,27)/t21-/m0/s1. The van der Waals surface area contributed by atoms with E-state index in [-0.39, 0.29) is 11.9 Å². The van der Waals surface area contributed by atoms with Gasteiger partial charge in [0, 0.05) is 5.56 Å². The Morgan fingerprint density at radius 2 is 1.78 bits per heavy atom. The van der Waals surface area contributed by atoms with E-state index in [9.17, 15) is 4.79 Å². The quantitative estimate of drug-likeness (QED) is 0.550. The third-order valence-corrected chi connectivity index (χ3v) is 4.61. The fourth-order valence-corrected chi connectivity index (χ4v) is 3.23. The molecule has 0 aliphatic heterocycles. The number of aryl methyl sites for hydroxylation is 1. The number of hydrogen-bond donors (Lipinski definition) is 2. The molecule has 3 aromatic carbocycles. The summed E-state index contributed by atoms with van der Waals surface area (Å²) in [4.78, 5) is 20.9. The van der Waals surface area contributed by atoms with Gasteiger partial charge in [-0.2, -0.15) is 0 Å². The van der Waals surface area contributed by atoms with Gasteiger partial charge in [0.1, 0.15) is 5.82 Å². The molecule has 4 aromatic rings.